The van der Waals surface area contributed by atoms with E-state index in [2.05, 4.69) is 48.2 Å². The lowest BCUT2D eigenvalue weighted by molar-refractivity contribution is 0.177. The molecule has 0 aromatic heterocycles. The Morgan fingerprint density at radius 3 is 2.68 bits per heavy atom. The quantitative estimate of drug-likeness (QED) is 0.829. The SMILES string of the molecule is CC1CCCN(Cc2cc3ccccc3cc2N)C1. The molecule has 1 unspecified atom stereocenters. The summed E-state index contributed by atoms with van der Waals surface area (Å²) in [4.78, 5) is 2.54. The summed E-state index contributed by atoms with van der Waals surface area (Å²) in [5.41, 5.74) is 8.41. The standard InChI is InChI=1S/C17H22N2/c1-13-5-4-8-19(11-13)12-16-9-14-6-2-3-7-15(14)10-17(16)18/h2-3,6-7,9-10,13H,4-5,8,11-12,18H2,1H3. The molecule has 0 amide bonds. The molecule has 3 rings (SSSR count). The number of nitrogens with zero attached hydrogens (tertiary/aromatic N) is 1. The maximum absolute atomic E-state index is 6.21. The molecule has 1 heterocycles. The van der Waals surface area contributed by atoms with Crippen molar-refractivity contribution in [2.75, 3.05) is 18.8 Å². The fourth-order valence-electron chi connectivity index (χ4n) is 3.11. The van der Waals surface area contributed by atoms with Gasteiger partial charge in [-0.2, -0.15) is 0 Å². The number of nitrogens with two attached hydrogens (primary N) is 1. The van der Waals surface area contributed by atoms with E-state index in [1.165, 1.54) is 42.3 Å². The third-order valence-electron chi connectivity index (χ3n) is 4.14. The van der Waals surface area contributed by atoms with E-state index in [0.717, 1.165) is 18.2 Å². The number of hydrogen-bond acceptors (Lipinski definition) is 2. The van der Waals surface area contributed by atoms with E-state index in [1.807, 2.05) is 0 Å². The van der Waals surface area contributed by atoms with Crippen molar-refractivity contribution in [3.63, 3.8) is 0 Å². The van der Waals surface area contributed by atoms with Crippen LogP contribution in [-0.4, -0.2) is 18.0 Å². The molecule has 0 radical (unpaired) electrons. The molecule has 0 aliphatic carbocycles. The summed E-state index contributed by atoms with van der Waals surface area (Å²) >= 11 is 0. The fraction of sp³-hybridized carbons (Fsp3) is 0.412. The highest BCUT2D eigenvalue weighted by Crippen LogP contribution is 2.25. The molecule has 2 heteroatoms. The first-order valence-electron chi connectivity index (χ1n) is 7.22. The zero-order chi connectivity index (χ0) is 13.2. The third kappa shape index (κ3) is 2.74. The molecule has 1 fully saturated rings. The van der Waals surface area contributed by atoms with Crippen LogP contribution in [0.15, 0.2) is 36.4 Å². The molecular formula is C17H22N2. The molecule has 0 saturated carbocycles. The van der Waals surface area contributed by atoms with Crippen molar-refractivity contribution in [1.29, 1.82) is 0 Å². The lowest BCUT2D eigenvalue weighted by atomic mass is 9.99. The van der Waals surface area contributed by atoms with E-state index < -0.39 is 0 Å². The number of benzene rings is 2. The minimum Gasteiger partial charge on any atom is -0.398 e. The molecule has 0 bridgehead atoms. The van der Waals surface area contributed by atoms with E-state index in [4.69, 9.17) is 5.73 Å². The summed E-state index contributed by atoms with van der Waals surface area (Å²) in [5.74, 6) is 0.815. The molecule has 2 nitrogen and oxygen atoms in total. The maximum Gasteiger partial charge on any atom is 0.0366 e. The van der Waals surface area contributed by atoms with Gasteiger partial charge < -0.3 is 5.73 Å². The van der Waals surface area contributed by atoms with Crippen molar-refractivity contribution in [2.24, 2.45) is 5.92 Å². The second-order valence-electron chi connectivity index (χ2n) is 5.88. The van der Waals surface area contributed by atoms with Gasteiger partial charge in [0.15, 0.2) is 0 Å². The largest absolute Gasteiger partial charge is 0.398 e. The normalized spacial score (nSPS) is 20.8. The average molecular weight is 254 g/mol. The van der Waals surface area contributed by atoms with Crippen molar-refractivity contribution < 1.29 is 0 Å². The molecule has 2 N–H and O–H groups in total. The smallest absolute Gasteiger partial charge is 0.0366 e. The number of likely N-dealkylation sites (tertiary alicyclic amines) is 1. The van der Waals surface area contributed by atoms with Gasteiger partial charge in [-0.1, -0.05) is 31.2 Å². The Morgan fingerprint density at radius 1 is 1.21 bits per heavy atom. The number of fused-ring (bicyclic) bond motifs is 1. The van der Waals surface area contributed by atoms with Crippen molar-refractivity contribution >= 4 is 16.5 Å². The van der Waals surface area contributed by atoms with Crippen LogP contribution in [-0.2, 0) is 6.54 Å². The van der Waals surface area contributed by atoms with Gasteiger partial charge in [-0.25, -0.2) is 0 Å². The van der Waals surface area contributed by atoms with Crippen LogP contribution in [0.2, 0.25) is 0 Å². The first-order valence-corrected chi connectivity index (χ1v) is 7.22. The van der Waals surface area contributed by atoms with Gasteiger partial charge in [-0.15, -0.1) is 0 Å². The van der Waals surface area contributed by atoms with Crippen molar-refractivity contribution in [3.8, 4) is 0 Å². The Labute approximate surface area is 115 Å². The lowest BCUT2D eigenvalue weighted by Gasteiger charge is -2.31. The van der Waals surface area contributed by atoms with Crippen LogP contribution in [0.5, 0.6) is 0 Å². The van der Waals surface area contributed by atoms with E-state index in [-0.39, 0.29) is 0 Å². The van der Waals surface area contributed by atoms with Crippen molar-refractivity contribution in [3.05, 3.63) is 42.0 Å². The second kappa shape index (κ2) is 5.22. The van der Waals surface area contributed by atoms with Crippen LogP contribution < -0.4 is 5.73 Å². The fourth-order valence-corrected chi connectivity index (χ4v) is 3.11. The molecule has 1 aliphatic rings. The first kappa shape index (κ1) is 12.5. The molecule has 2 aromatic rings. The number of hydrogen-bond donors (Lipinski definition) is 1. The monoisotopic (exact) mass is 254 g/mol. The summed E-state index contributed by atoms with van der Waals surface area (Å²) in [6, 6.07) is 12.8. The van der Waals surface area contributed by atoms with Gasteiger partial charge in [0.1, 0.15) is 0 Å². The van der Waals surface area contributed by atoms with Gasteiger partial charge >= 0.3 is 0 Å². The minimum absolute atomic E-state index is 0.815. The van der Waals surface area contributed by atoms with Crippen LogP contribution in [0.3, 0.4) is 0 Å². The maximum atomic E-state index is 6.21. The zero-order valence-corrected chi connectivity index (χ0v) is 11.6. The first-order chi connectivity index (χ1) is 9.22. The molecule has 1 aliphatic heterocycles. The van der Waals surface area contributed by atoms with Gasteiger partial charge in [-0.05, 0) is 53.8 Å². The summed E-state index contributed by atoms with van der Waals surface area (Å²) in [7, 11) is 0. The molecule has 1 atom stereocenters. The van der Waals surface area contributed by atoms with Gasteiger partial charge in [-0.3, -0.25) is 4.90 Å². The minimum atomic E-state index is 0.815. The highest BCUT2D eigenvalue weighted by atomic mass is 15.1. The summed E-state index contributed by atoms with van der Waals surface area (Å²) < 4.78 is 0. The third-order valence-corrected chi connectivity index (χ3v) is 4.14. The summed E-state index contributed by atoms with van der Waals surface area (Å²) in [5, 5.41) is 2.52. The molecule has 19 heavy (non-hydrogen) atoms. The van der Waals surface area contributed by atoms with E-state index >= 15 is 0 Å². The second-order valence-corrected chi connectivity index (χ2v) is 5.88. The lowest BCUT2D eigenvalue weighted by Crippen LogP contribution is -2.33. The number of piperidine rings is 1. The molecule has 100 valence electrons. The highest BCUT2D eigenvalue weighted by Gasteiger charge is 2.17. The Kier molecular flexibility index (Phi) is 3.43. The van der Waals surface area contributed by atoms with Gasteiger partial charge in [0.05, 0.1) is 0 Å². The number of rotatable bonds is 2. The van der Waals surface area contributed by atoms with Gasteiger partial charge in [0.25, 0.3) is 0 Å². The summed E-state index contributed by atoms with van der Waals surface area (Å²) in [6.07, 6.45) is 2.68. The van der Waals surface area contributed by atoms with Crippen molar-refractivity contribution in [2.45, 2.75) is 26.3 Å². The Balaban J connectivity index is 1.85. The molecule has 0 spiro atoms. The molecule has 2 aromatic carbocycles. The predicted octanol–water partition coefficient (Wildman–Crippen LogP) is 3.65. The average Bonchev–Trinajstić information content (AvgIpc) is 2.40. The molecular weight excluding hydrogens is 232 g/mol. The van der Waals surface area contributed by atoms with Gasteiger partial charge in [0, 0.05) is 18.8 Å². The van der Waals surface area contributed by atoms with E-state index in [1.54, 1.807) is 0 Å². The topological polar surface area (TPSA) is 29.3 Å². The van der Waals surface area contributed by atoms with E-state index in [9.17, 15) is 0 Å². The van der Waals surface area contributed by atoms with Crippen LogP contribution in [0, 0.1) is 5.92 Å². The van der Waals surface area contributed by atoms with E-state index in [0.29, 0.717) is 0 Å². The number of nitrogen functional groups attached to an aromatic ring is 1. The van der Waals surface area contributed by atoms with Crippen LogP contribution in [0.1, 0.15) is 25.3 Å². The van der Waals surface area contributed by atoms with Crippen molar-refractivity contribution in [1.82, 2.24) is 4.90 Å². The van der Waals surface area contributed by atoms with Crippen LogP contribution in [0.4, 0.5) is 5.69 Å². The number of anilines is 1. The Bertz CT molecular complexity index is 576. The zero-order valence-electron chi connectivity index (χ0n) is 11.6. The van der Waals surface area contributed by atoms with Gasteiger partial charge in [0.2, 0.25) is 0 Å². The Morgan fingerprint density at radius 2 is 1.95 bits per heavy atom. The highest BCUT2D eigenvalue weighted by molar-refractivity contribution is 5.86. The van der Waals surface area contributed by atoms with Crippen LogP contribution >= 0.6 is 0 Å². The molecule has 1 saturated heterocycles. The van der Waals surface area contributed by atoms with Crippen LogP contribution in [0.25, 0.3) is 10.8 Å². The predicted molar refractivity (Wildman–Crippen MR) is 82.0 cm³/mol. The Hall–Kier alpha value is -1.54. The summed E-state index contributed by atoms with van der Waals surface area (Å²) in [6.45, 7) is 5.74.